The first-order valence-corrected chi connectivity index (χ1v) is 30.1. The fraction of sp³-hybridized carbons (Fsp3) is 0.946. The van der Waals surface area contributed by atoms with Crippen molar-refractivity contribution in [1.82, 2.24) is 5.32 Å². The second kappa shape index (κ2) is 48.3. The van der Waals surface area contributed by atoms with Gasteiger partial charge in [-0.1, -0.05) is 276 Å². The van der Waals surface area contributed by atoms with Gasteiger partial charge in [0.05, 0.1) is 39.9 Å². The number of hydrogen-bond acceptors (Lipinski definition) is 5. The number of hydrogen-bond donors (Lipinski definition) is 3. The van der Waals surface area contributed by atoms with Gasteiger partial charge in [-0.2, -0.15) is 0 Å². The van der Waals surface area contributed by atoms with Crippen LogP contribution >= 0.6 is 7.82 Å². The lowest BCUT2D eigenvalue weighted by Crippen LogP contribution is -2.45. The quantitative estimate of drug-likeness (QED) is 0.0243. The molecular formula is C56H114N2O6P+. The number of phosphoric acid groups is 1. The number of nitrogens with zero attached hydrogens (tertiary/aromatic N) is 1. The maximum atomic E-state index is 13.0. The third kappa shape index (κ3) is 50.9. The van der Waals surface area contributed by atoms with E-state index in [1.807, 2.05) is 27.2 Å². The van der Waals surface area contributed by atoms with Crippen molar-refractivity contribution in [3.63, 3.8) is 0 Å². The molecule has 8 nitrogen and oxygen atoms in total. The third-order valence-electron chi connectivity index (χ3n) is 13.3. The van der Waals surface area contributed by atoms with Crippen LogP contribution in [-0.4, -0.2) is 73.4 Å². The number of likely N-dealkylation sites (N-methyl/N-ethyl adjacent to an activating group) is 1. The minimum absolute atomic E-state index is 0.0652. The molecule has 0 radical (unpaired) electrons. The number of carbonyl (C=O) groups excluding carboxylic acids is 1. The third-order valence-corrected chi connectivity index (χ3v) is 14.2. The number of nitrogens with one attached hydrogen (secondary N) is 1. The first-order chi connectivity index (χ1) is 31.5. The van der Waals surface area contributed by atoms with Gasteiger partial charge in [-0.05, 0) is 19.3 Å². The van der Waals surface area contributed by atoms with E-state index in [-0.39, 0.29) is 19.1 Å². The number of unbranched alkanes of at least 4 members (excludes halogenated alkanes) is 40. The van der Waals surface area contributed by atoms with Crippen LogP contribution in [0.25, 0.3) is 0 Å². The average Bonchev–Trinajstić information content (AvgIpc) is 3.26. The molecule has 0 fully saturated rings. The Morgan fingerprint density at radius 1 is 0.508 bits per heavy atom. The van der Waals surface area contributed by atoms with Crippen LogP contribution < -0.4 is 5.32 Å². The standard InChI is InChI=1S/C56H113N2O6P/c1-6-8-10-12-14-16-18-20-22-24-26-28-30-31-33-35-37-39-41-43-45-47-49-55(59)54(53-64-65(61,62)63-52-51-58(3,4)5)57-56(60)50-48-46-44-42-40-38-36-34-32-29-27-25-23-21-19-17-15-13-11-9-7-2/h47,49,54-55,59H,6-46,48,50-53H2,1-5H3,(H-,57,60,61,62)/p+1/b49-47+. The molecule has 9 heteroatoms. The largest absolute Gasteiger partial charge is 0.472 e. The Bertz CT molecular complexity index is 1070. The van der Waals surface area contributed by atoms with Crippen molar-refractivity contribution in [3.8, 4) is 0 Å². The molecule has 0 aliphatic rings. The Morgan fingerprint density at radius 2 is 0.815 bits per heavy atom. The molecule has 0 aromatic carbocycles. The van der Waals surface area contributed by atoms with Crippen molar-refractivity contribution < 1.29 is 32.9 Å². The number of aliphatic hydroxyl groups is 1. The number of carbonyl (C=O) groups is 1. The first kappa shape index (κ1) is 64.2. The maximum absolute atomic E-state index is 13.0. The predicted octanol–water partition coefficient (Wildman–Crippen LogP) is 17.0. The molecule has 0 heterocycles. The van der Waals surface area contributed by atoms with Gasteiger partial charge in [-0.25, -0.2) is 4.57 Å². The first-order valence-electron chi connectivity index (χ1n) is 28.6. The van der Waals surface area contributed by atoms with Crippen LogP contribution in [0.4, 0.5) is 0 Å². The Morgan fingerprint density at radius 3 is 1.14 bits per heavy atom. The summed E-state index contributed by atoms with van der Waals surface area (Å²) in [6.07, 6.45) is 58.7. The zero-order valence-electron chi connectivity index (χ0n) is 44.3. The van der Waals surface area contributed by atoms with Crippen LogP contribution in [0.5, 0.6) is 0 Å². The van der Waals surface area contributed by atoms with Crippen molar-refractivity contribution in [2.45, 2.75) is 302 Å². The molecule has 65 heavy (non-hydrogen) atoms. The normalized spacial score (nSPS) is 14.0. The van der Waals surface area contributed by atoms with Crippen molar-refractivity contribution >= 4 is 13.7 Å². The van der Waals surface area contributed by atoms with E-state index in [1.54, 1.807) is 6.08 Å². The number of aliphatic hydroxyl groups excluding tert-OH is 1. The van der Waals surface area contributed by atoms with Gasteiger partial charge in [0.2, 0.25) is 5.91 Å². The lowest BCUT2D eigenvalue weighted by atomic mass is 10.0. The highest BCUT2D eigenvalue weighted by Crippen LogP contribution is 2.43. The van der Waals surface area contributed by atoms with Gasteiger partial charge in [-0.3, -0.25) is 13.8 Å². The highest BCUT2D eigenvalue weighted by atomic mass is 31.2. The van der Waals surface area contributed by atoms with Crippen LogP contribution in [0.3, 0.4) is 0 Å². The Kier molecular flexibility index (Phi) is 47.7. The van der Waals surface area contributed by atoms with Gasteiger partial charge in [0.25, 0.3) is 0 Å². The topological polar surface area (TPSA) is 105 Å². The Hall–Kier alpha value is -0.760. The van der Waals surface area contributed by atoms with Crippen LogP contribution in [0.2, 0.25) is 0 Å². The number of phosphoric ester groups is 1. The van der Waals surface area contributed by atoms with Crippen LogP contribution in [0.15, 0.2) is 12.2 Å². The highest BCUT2D eigenvalue weighted by Gasteiger charge is 2.27. The van der Waals surface area contributed by atoms with Crippen molar-refractivity contribution in [3.05, 3.63) is 12.2 Å². The predicted molar refractivity (Wildman–Crippen MR) is 282 cm³/mol. The Balaban J connectivity index is 4.20. The molecule has 0 aromatic heterocycles. The van der Waals surface area contributed by atoms with E-state index in [0.717, 1.165) is 32.1 Å². The summed E-state index contributed by atoms with van der Waals surface area (Å²) >= 11 is 0. The molecule has 0 aliphatic carbocycles. The van der Waals surface area contributed by atoms with E-state index in [0.29, 0.717) is 17.4 Å². The van der Waals surface area contributed by atoms with E-state index in [9.17, 15) is 19.4 Å². The van der Waals surface area contributed by atoms with Crippen LogP contribution in [0, 0.1) is 0 Å². The zero-order valence-corrected chi connectivity index (χ0v) is 45.2. The fourth-order valence-corrected chi connectivity index (χ4v) is 9.49. The van der Waals surface area contributed by atoms with Crippen LogP contribution in [-0.2, 0) is 18.4 Å². The van der Waals surface area contributed by atoms with Gasteiger partial charge in [-0.15, -0.1) is 0 Å². The van der Waals surface area contributed by atoms with Crippen LogP contribution in [0.1, 0.15) is 290 Å². The smallest absolute Gasteiger partial charge is 0.387 e. The molecular weight excluding hydrogens is 828 g/mol. The minimum atomic E-state index is -4.34. The summed E-state index contributed by atoms with van der Waals surface area (Å²) < 4.78 is 23.7. The van der Waals surface area contributed by atoms with Crippen molar-refractivity contribution in [2.75, 3.05) is 40.9 Å². The molecule has 3 unspecified atom stereocenters. The maximum Gasteiger partial charge on any atom is 0.472 e. The van der Waals surface area contributed by atoms with Crippen molar-refractivity contribution in [1.29, 1.82) is 0 Å². The second-order valence-corrected chi connectivity index (χ2v) is 22.5. The van der Waals surface area contributed by atoms with Gasteiger partial charge in [0, 0.05) is 6.42 Å². The summed E-state index contributed by atoms with van der Waals surface area (Å²) in [5.41, 5.74) is 0. The summed E-state index contributed by atoms with van der Waals surface area (Å²) in [5, 5.41) is 13.9. The van der Waals surface area contributed by atoms with Gasteiger partial charge in [0.15, 0.2) is 0 Å². The lowest BCUT2D eigenvalue weighted by molar-refractivity contribution is -0.870. The number of rotatable bonds is 53. The summed E-state index contributed by atoms with van der Waals surface area (Å²) in [5.74, 6) is -0.170. The molecule has 3 N–H and O–H groups in total. The molecule has 0 rings (SSSR count). The molecule has 0 aliphatic heterocycles. The summed E-state index contributed by atoms with van der Waals surface area (Å²) in [6.45, 7) is 4.87. The lowest BCUT2D eigenvalue weighted by Gasteiger charge is -2.25. The Labute approximate surface area is 405 Å². The summed E-state index contributed by atoms with van der Waals surface area (Å²) in [7, 11) is 1.59. The minimum Gasteiger partial charge on any atom is -0.387 e. The summed E-state index contributed by atoms with van der Waals surface area (Å²) in [4.78, 5) is 23.3. The van der Waals surface area contributed by atoms with E-state index >= 15 is 0 Å². The molecule has 388 valence electrons. The molecule has 3 atom stereocenters. The van der Waals surface area contributed by atoms with Gasteiger partial charge < -0.3 is 19.8 Å². The van der Waals surface area contributed by atoms with Crippen molar-refractivity contribution in [2.24, 2.45) is 0 Å². The highest BCUT2D eigenvalue weighted by molar-refractivity contribution is 7.47. The molecule has 0 bridgehead atoms. The molecule has 0 aromatic rings. The number of quaternary nitrogens is 1. The molecule has 0 spiro atoms. The number of amides is 1. The average molecular weight is 943 g/mol. The molecule has 0 saturated heterocycles. The zero-order chi connectivity index (χ0) is 47.8. The van der Waals surface area contributed by atoms with E-state index < -0.39 is 20.0 Å². The van der Waals surface area contributed by atoms with Gasteiger partial charge in [0.1, 0.15) is 13.2 Å². The van der Waals surface area contributed by atoms with E-state index in [2.05, 4.69) is 19.2 Å². The molecule has 0 saturated carbocycles. The fourth-order valence-electron chi connectivity index (χ4n) is 8.75. The van der Waals surface area contributed by atoms with E-state index in [4.69, 9.17) is 9.05 Å². The number of allylic oxidation sites excluding steroid dienone is 1. The van der Waals surface area contributed by atoms with Gasteiger partial charge >= 0.3 is 7.82 Å². The SMILES string of the molecule is CCCCCCCCCCCCCCCCCCCCCC/C=C/C(O)C(COP(=O)(O)OCC[N+](C)(C)C)NC(=O)CCCCCCCCCCCCCCCCCCCCCCC. The summed E-state index contributed by atoms with van der Waals surface area (Å²) in [6, 6.07) is -0.842. The molecule has 1 amide bonds. The monoisotopic (exact) mass is 942 g/mol. The second-order valence-electron chi connectivity index (χ2n) is 21.0. The van der Waals surface area contributed by atoms with E-state index in [1.165, 1.54) is 238 Å².